The number of nitrogens with zero attached hydrogens (tertiary/aromatic N) is 1. The molecule has 0 aromatic heterocycles. The minimum Gasteiger partial charge on any atom is -0.364 e. The fourth-order valence-corrected chi connectivity index (χ4v) is 0.650. The summed E-state index contributed by atoms with van der Waals surface area (Å²) >= 11 is 0. The third-order valence-electron chi connectivity index (χ3n) is 1.12. The molecule has 0 fully saturated rings. The zero-order chi connectivity index (χ0) is 7.40. The number of aliphatic imine (C=N–C) groups is 1. The summed E-state index contributed by atoms with van der Waals surface area (Å²) in [6.45, 7) is 0.533. The zero-order valence-electron chi connectivity index (χ0n) is 5.45. The van der Waals surface area contributed by atoms with Crippen LogP contribution in [0.2, 0.25) is 0 Å². The van der Waals surface area contributed by atoms with Crippen LogP contribution in [0.25, 0.3) is 0 Å². The van der Waals surface area contributed by atoms with E-state index in [1.54, 1.807) is 12.2 Å². The first-order chi connectivity index (χ1) is 4.80. The van der Waals surface area contributed by atoms with E-state index < -0.39 is 5.91 Å². The van der Waals surface area contributed by atoms with Crippen molar-refractivity contribution < 1.29 is 4.79 Å². The Morgan fingerprint density at radius 1 is 1.60 bits per heavy atom. The first kappa shape index (κ1) is 6.74. The van der Waals surface area contributed by atoms with Gasteiger partial charge in [-0.05, 0) is 6.08 Å². The van der Waals surface area contributed by atoms with Crippen LogP contribution in [0.15, 0.2) is 29.3 Å². The topological polar surface area (TPSA) is 55.5 Å². The van der Waals surface area contributed by atoms with Crippen molar-refractivity contribution in [1.29, 1.82) is 0 Å². The Hall–Kier alpha value is -1.38. The standard InChI is InChI=1S/C7H8N2O/c8-7(10)6-4-2-1-3-5-9-6/h1-4H,5H2,(H2,8,10). The number of rotatable bonds is 1. The van der Waals surface area contributed by atoms with E-state index in [2.05, 4.69) is 4.99 Å². The van der Waals surface area contributed by atoms with Crippen LogP contribution in [0.3, 0.4) is 0 Å². The molecular weight excluding hydrogens is 128 g/mol. The molecule has 0 atom stereocenters. The Morgan fingerprint density at radius 2 is 2.40 bits per heavy atom. The van der Waals surface area contributed by atoms with Gasteiger partial charge in [-0.3, -0.25) is 9.79 Å². The number of amides is 1. The summed E-state index contributed by atoms with van der Waals surface area (Å²) < 4.78 is 0. The summed E-state index contributed by atoms with van der Waals surface area (Å²) in [5.41, 5.74) is 5.33. The van der Waals surface area contributed by atoms with E-state index in [9.17, 15) is 4.79 Å². The first-order valence-corrected chi connectivity index (χ1v) is 2.98. The summed E-state index contributed by atoms with van der Waals surface area (Å²) in [5, 5.41) is 0. The molecule has 0 saturated heterocycles. The number of hydrogen-bond acceptors (Lipinski definition) is 2. The molecule has 0 aromatic rings. The Morgan fingerprint density at radius 3 is 3.10 bits per heavy atom. The van der Waals surface area contributed by atoms with E-state index in [4.69, 9.17) is 5.73 Å². The summed E-state index contributed by atoms with van der Waals surface area (Å²) in [6.07, 6.45) is 7.04. The van der Waals surface area contributed by atoms with E-state index in [1.807, 2.05) is 12.2 Å². The average Bonchev–Trinajstić information content (AvgIpc) is 2.12. The van der Waals surface area contributed by atoms with Gasteiger partial charge in [0.25, 0.3) is 5.91 Å². The van der Waals surface area contributed by atoms with E-state index >= 15 is 0 Å². The Bertz CT molecular complexity index is 226. The maximum atomic E-state index is 10.5. The molecule has 10 heavy (non-hydrogen) atoms. The molecule has 1 heterocycles. The van der Waals surface area contributed by atoms with Gasteiger partial charge < -0.3 is 5.73 Å². The number of carbonyl (C=O) groups excluding carboxylic acids is 1. The van der Waals surface area contributed by atoms with Crippen molar-refractivity contribution in [2.45, 2.75) is 0 Å². The van der Waals surface area contributed by atoms with Crippen molar-refractivity contribution in [2.24, 2.45) is 10.7 Å². The zero-order valence-corrected chi connectivity index (χ0v) is 5.45. The van der Waals surface area contributed by atoms with Gasteiger partial charge in [0.1, 0.15) is 5.71 Å². The van der Waals surface area contributed by atoms with Crippen molar-refractivity contribution in [3.63, 3.8) is 0 Å². The highest BCUT2D eigenvalue weighted by molar-refractivity contribution is 6.42. The highest BCUT2D eigenvalue weighted by atomic mass is 16.1. The minimum absolute atomic E-state index is 0.338. The van der Waals surface area contributed by atoms with E-state index in [1.165, 1.54) is 0 Å². The smallest absolute Gasteiger partial charge is 0.266 e. The van der Waals surface area contributed by atoms with Crippen molar-refractivity contribution in [3.05, 3.63) is 24.3 Å². The van der Waals surface area contributed by atoms with Gasteiger partial charge in [0.15, 0.2) is 0 Å². The number of carbonyl (C=O) groups is 1. The van der Waals surface area contributed by atoms with Crippen LogP contribution in [0, 0.1) is 0 Å². The van der Waals surface area contributed by atoms with Gasteiger partial charge in [0.05, 0.1) is 6.54 Å². The fraction of sp³-hybridized carbons (Fsp3) is 0.143. The molecule has 1 aliphatic rings. The SMILES string of the molecule is NC(=O)C1=NCC=CC=C1. The van der Waals surface area contributed by atoms with Crippen LogP contribution >= 0.6 is 0 Å². The molecule has 3 heteroatoms. The number of hydrogen-bond donors (Lipinski definition) is 1. The maximum Gasteiger partial charge on any atom is 0.266 e. The first-order valence-electron chi connectivity index (χ1n) is 2.98. The van der Waals surface area contributed by atoms with Crippen molar-refractivity contribution in [1.82, 2.24) is 0 Å². The highest BCUT2D eigenvalue weighted by Gasteiger charge is 2.00. The number of allylic oxidation sites excluding steroid dienone is 2. The second-order valence-corrected chi connectivity index (χ2v) is 1.88. The monoisotopic (exact) mass is 136 g/mol. The van der Waals surface area contributed by atoms with E-state index in [0.717, 1.165) is 0 Å². The second kappa shape index (κ2) is 2.96. The van der Waals surface area contributed by atoms with Crippen molar-refractivity contribution in [3.8, 4) is 0 Å². The van der Waals surface area contributed by atoms with Gasteiger partial charge in [-0.1, -0.05) is 18.2 Å². The molecule has 0 aromatic carbocycles. The van der Waals surface area contributed by atoms with Crippen LogP contribution in [0.4, 0.5) is 0 Å². The van der Waals surface area contributed by atoms with Crippen LogP contribution in [0.1, 0.15) is 0 Å². The van der Waals surface area contributed by atoms with Crippen molar-refractivity contribution in [2.75, 3.05) is 6.54 Å². The van der Waals surface area contributed by atoms with Gasteiger partial charge in [-0.2, -0.15) is 0 Å². The van der Waals surface area contributed by atoms with Gasteiger partial charge >= 0.3 is 0 Å². The molecular formula is C7H8N2O. The lowest BCUT2D eigenvalue weighted by Gasteiger charge is -1.89. The third-order valence-corrected chi connectivity index (χ3v) is 1.12. The summed E-state index contributed by atoms with van der Waals surface area (Å²) in [7, 11) is 0. The molecule has 0 radical (unpaired) electrons. The van der Waals surface area contributed by atoms with E-state index in [-0.39, 0.29) is 0 Å². The summed E-state index contributed by atoms with van der Waals surface area (Å²) in [6, 6.07) is 0. The molecule has 1 rings (SSSR count). The van der Waals surface area contributed by atoms with Gasteiger partial charge in [-0.25, -0.2) is 0 Å². The molecule has 3 nitrogen and oxygen atoms in total. The van der Waals surface area contributed by atoms with Crippen LogP contribution in [-0.2, 0) is 4.79 Å². The average molecular weight is 136 g/mol. The molecule has 2 N–H and O–H groups in total. The Kier molecular flexibility index (Phi) is 1.99. The molecule has 1 aliphatic heterocycles. The van der Waals surface area contributed by atoms with Gasteiger partial charge in [-0.15, -0.1) is 0 Å². The van der Waals surface area contributed by atoms with E-state index in [0.29, 0.717) is 12.3 Å². The molecule has 1 amide bonds. The quantitative estimate of drug-likeness (QED) is 0.543. The third kappa shape index (κ3) is 1.55. The summed E-state index contributed by atoms with van der Waals surface area (Å²) in [5.74, 6) is -0.472. The lowest BCUT2D eigenvalue weighted by molar-refractivity contribution is -0.111. The maximum absolute atomic E-state index is 10.5. The largest absolute Gasteiger partial charge is 0.364 e. The summed E-state index contributed by atoms with van der Waals surface area (Å²) in [4.78, 5) is 14.4. The number of nitrogens with two attached hydrogens (primary N) is 1. The predicted octanol–water partition coefficient (Wildman–Crippen LogP) is 0.0387. The molecule has 0 spiro atoms. The number of primary amides is 1. The van der Waals surface area contributed by atoms with Crippen LogP contribution in [0.5, 0.6) is 0 Å². The normalized spacial score (nSPS) is 16.2. The lowest BCUT2D eigenvalue weighted by Crippen LogP contribution is -2.21. The molecule has 0 saturated carbocycles. The van der Waals surface area contributed by atoms with Gasteiger partial charge in [0, 0.05) is 0 Å². The Balaban J connectivity index is 2.78. The second-order valence-electron chi connectivity index (χ2n) is 1.88. The fourth-order valence-electron chi connectivity index (χ4n) is 0.650. The van der Waals surface area contributed by atoms with Crippen LogP contribution in [-0.4, -0.2) is 18.2 Å². The Labute approximate surface area is 58.9 Å². The molecule has 0 unspecified atom stereocenters. The highest BCUT2D eigenvalue weighted by Crippen LogP contribution is 1.90. The minimum atomic E-state index is -0.472. The molecule has 0 bridgehead atoms. The lowest BCUT2D eigenvalue weighted by atomic mass is 10.3. The predicted molar refractivity (Wildman–Crippen MR) is 39.8 cm³/mol. The molecule has 0 aliphatic carbocycles. The van der Waals surface area contributed by atoms with Gasteiger partial charge in [0.2, 0.25) is 0 Å². The van der Waals surface area contributed by atoms with Crippen molar-refractivity contribution >= 4 is 11.6 Å². The molecule has 52 valence electrons. The van der Waals surface area contributed by atoms with Crippen LogP contribution < -0.4 is 5.73 Å².